The molecule has 84 valence electrons. The average molecular weight is 208 g/mol. The zero-order valence-electron chi connectivity index (χ0n) is 9.87. The quantitative estimate of drug-likeness (QED) is 0.508. The molecular formula is C12H21BO2. The van der Waals surface area contributed by atoms with Crippen LogP contribution in [0.15, 0.2) is 0 Å². The monoisotopic (exact) mass is 208 g/mol. The Balaban J connectivity index is 1.84. The number of hydrogen-bond donors (Lipinski definition) is 0. The van der Waals surface area contributed by atoms with Crippen molar-refractivity contribution in [3.8, 4) is 0 Å². The van der Waals surface area contributed by atoms with Gasteiger partial charge in [0.15, 0.2) is 0 Å². The molecule has 1 heterocycles. The van der Waals surface area contributed by atoms with E-state index in [1.54, 1.807) is 0 Å². The largest absolute Gasteiger partial charge is 0.379 e. The maximum atomic E-state index is 5.92. The minimum Gasteiger partial charge on any atom is -0.379 e. The topological polar surface area (TPSA) is 18.5 Å². The Morgan fingerprint density at radius 3 is 2.93 bits per heavy atom. The summed E-state index contributed by atoms with van der Waals surface area (Å²) in [6.07, 6.45) is 4.63. The molecule has 1 saturated carbocycles. The van der Waals surface area contributed by atoms with Crippen molar-refractivity contribution in [2.45, 2.75) is 51.1 Å². The first-order chi connectivity index (χ1) is 7.18. The lowest BCUT2D eigenvalue weighted by atomic mass is 9.85. The van der Waals surface area contributed by atoms with Crippen molar-refractivity contribution in [1.82, 2.24) is 0 Å². The van der Waals surface area contributed by atoms with Crippen LogP contribution in [-0.2, 0) is 9.47 Å². The maximum Gasteiger partial charge on any atom is 0.109 e. The third-order valence-corrected chi connectivity index (χ3v) is 3.99. The van der Waals surface area contributed by atoms with E-state index in [1.807, 2.05) is 0 Å². The van der Waals surface area contributed by atoms with E-state index in [4.69, 9.17) is 17.3 Å². The summed E-state index contributed by atoms with van der Waals surface area (Å²) in [5.41, 5.74) is -0.0577. The molecule has 1 saturated heterocycles. The van der Waals surface area contributed by atoms with E-state index in [1.165, 1.54) is 12.8 Å². The highest BCUT2D eigenvalue weighted by atomic mass is 16.6. The number of rotatable bonds is 5. The molecule has 3 heteroatoms. The number of hydrogen-bond acceptors (Lipinski definition) is 2. The fourth-order valence-corrected chi connectivity index (χ4v) is 2.91. The maximum absolute atomic E-state index is 5.92. The minimum atomic E-state index is -0.0577. The molecule has 2 nitrogen and oxygen atoms in total. The highest BCUT2D eigenvalue weighted by Gasteiger charge is 2.54. The first kappa shape index (κ1) is 11.5. The standard InChI is InChI=1S/C12H21BO2/c1-3-4-5-14-8-12-7-10(6-9(12)2)11(13)15-12/h9-11H,3-8H2,1-2H3/t9-,10?,11-,12+/m1/s1. The van der Waals surface area contributed by atoms with Gasteiger partial charge in [-0.1, -0.05) is 20.3 Å². The van der Waals surface area contributed by atoms with Crippen molar-refractivity contribution in [2.75, 3.05) is 13.2 Å². The van der Waals surface area contributed by atoms with Gasteiger partial charge < -0.3 is 9.47 Å². The van der Waals surface area contributed by atoms with Gasteiger partial charge in [0.05, 0.1) is 12.2 Å². The van der Waals surface area contributed by atoms with Crippen LogP contribution in [0.3, 0.4) is 0 Å². The highest BCUT2D eigenvalue weighted by molar-refractivity contribution is 6.11. The SMILES string of the molecule is [B][C@@H]1O[C@]2(COCCCC)CC1C[C@H]2C. The molecule has 0 amide bonds. The van der Waals surface area contributed by atoms with Crippen molar-refractivity contribution in [1.29, 1.82) is 0 Å². The first-order valence-electron chi connectivity index (χ1n) is 6.19. The molecule has 2 rings (SSSR count). The van der Waals surface area contributed by atoms with Gasteiger partial charge in [-0.25, -0.2) is 0 Å². The van der Waals surface area contributed by atoms with Crippen LogP contribution in [0.25, 0.3) is 0 Å². The second-order valence-electron chi connectivity index (χ2n) is 5.15. The Morgan fingerprint density at radius 2 is 2.33 bits per heavy atom. The van der Waals surface area contributed by atoms with Crippen molar-refractivity contribution < 1.29 is 9.47 Å². The van der Waals surface area contributed by atoms with Crippen molar-refractivity contribution in [3.05, 3.63) is 0 Å². The van der Waals surface area contributed by atoms with E-state index in [2.05, 4.69) is 13.8 Å². The Labute approximate surface area is 94.1 Å². The van der Waals surface area contributed by atoms with Crippen LogP contribution in [0.1, 0.15) is 39.5 Å². The number of ether oxygens (including phenoxy) is 2. The van der Waals surface area contributed by atoms with Crippen LogP contribution in [0.4, 0.5) is 0 Å². The highest BCUT2D eigenvalue weighted by Crippen LogP contribution is 2.50. The van der Waals surface area contributed by atoms with E-state index in [0.717, 1.165) is 26.1 Å². The molecule has 1 aliphatic carbocycles. The van der Waals surface area contributed by atoms with E-state index in [0.29, 0.717) is 11.8 Å². The van der Waals surface area contributed by atoms with Gasteiger partial charge in [0.2, 0.25) is 0 Å². The lowest BCUT2D eigenvalue weighted by Gasteiger charge is -2.35. The molecule has 0 aromatic heterocycles. The van der Waals surface area contributed by atoms with Gasteiger partial charge >= 0.3 is 0 Å². The third-order valence-electron chi connectivity index (χ3n) is 3.99. The van der Waals surface area contributed by atoms with Gasteiger partial charge in [-0.2, -0.15) is 0 Å². The molecule has 0 aromatic carbocycles. The molecule has 2 aliphatic rings. The number of fused-ring (bicyclic) bond motifs is 2. The van der Waals surface area contributed by atoms with Crippen molar-refractivity contribution in [2.24, 2.45) is 11.8 Å². The normalized spacial score (nSPS) is 43.7. The summed E-state index contributed by atoms with van der Waals surface area (Å²) in [6.45, 7) is 6.03. The molecular weight excluding hydrogens is 187 g/mol. The molecule has 2 bridgehead atoms. The van der Waals surface area contributed by atoms with Gasteiger partial charge in [0, 0.05) is 12.6 Å². The van der Waals surface area contributed by atoms with Crippen LogP contribution < -0.4 is 0 Å². The van der Waals surface area contributed by atoms with E-state index < -0.39 is 0 Å². The molecule has 2 radical (unpaired) electrons. The third kappa shape index (κ3) is 2.09. The molecule has 0 aromatic rings. The van der Waals surface area contributed by atoms with E-state index >= 15 is 0 Å². The molecule has 0 N–H and O–H groups in total. The predicted octanol–water partition coefficient (Wildman–Crippen LogP) is 2.11. The molecule has 1 aliphatic heterocycles. The van der Waals surface area contributed by atoms with Crippen LogP contribution in [-0.4, -0.2) is 32.7 Å². The van der Waals surface area contributed by atoms with E-state index in [9.17, 15) is 0 Å². The van der Waals surface area contributed by atoms with Crippen LogP contribution >= 0.6 is 0 Å². The lowest BCUT2D eigenvalue weighted by molar-refractivity contribution is -0.115. The summed E-state index contributed by atoms with van der Waals surface area (Å²) < 4.78 is 11.6. The summed E-state index contributed by atoms with van der Waals surface area (Å²) >= 11 is 0. The van der Waals surface area contributed by atoms with Gasteiger partial charge in [0.25, 0.3) is 0 Å². The number of unbranched alkanes of at least 4 members (excludes halogenated alkanes) is 1. The zero-order valence-corrected chi connectivity index (χ0v) is 9.87. The smallest absolute Gasteiger partial charge is 0.109 e. The summed E-state index contributed by atoms with van der Waals surface area (Å²) in [5, 5.41) is 0. The molecule has 1 unspecified atom stereocenters. The fraction of sp³-hybridized carbons (Fsp3) is 1.00. The van der Waals surface area contributed by atoms with Gasteiger partial charge in [-0.3, -0.25) is 0 Å². The predicted molar refractivity (Wildman–Crippen MR) is 61.0 cm³/mol. The second-order valence-corrected chi connectivity index (χ2v) is 5.15. The van der Waals surface area contributed by atoms with Gasteiger partial charge in [0.1, 0.15) is 7.85 Å². The summed E-state index contributed by atoms with van der Waals surface area (Å²) in [5.74, 6) is 1.17. The molecule has 15 heavy (non-hydrogen) atoms. The summed E-state index contributed by atoms with van der Waals surface area (Å²) in [7, 11) is 5.92. The second kappa shape index (κ2) is 4.46. The Kier molecular flexibility index (Phi) is 3.41. The molecule has 4 atom stereocenters. The van der Waals surface area contributed by atoms with Gasteiger partial charge in [-0.05, 0) is 31.1 Å². The molecule has 2 fully saturated rings. The fourth-order valence-electron chi connectivity index (χ4n) is 2.91. The van der Waals surface area contributed by atoms with E-state index in [-0.39, 0.29) is 11.6 Å². The Hall–Kier alpha value is -0.0151. The first-order valence-corrected chi connectivity index (χ1v) is 6.19. The average Bonchev–Trinajstić information content (AvgIpc) is 2.67. The van der Waals surface area contributed by atoms with Crippen LogP contribution in [0.5, 0.6) is 0 Å². The lowest BCUT2D eigenvalue weighted by Crippen LogP contribution is -2.42. The Bertz CT molecular complexity index is 218. The molecule has 0 spiro atoms. The summed E-state index contributed by atoms with van der Waals surface area (Å²) in [4.78, 5) is 0. The summed E-state index contributed by atoms with van der Waals surface area (Å²) in [6, 6.07) is -0.0454. The zero-order chi connectivity index (χ0) is 10.9. The van der Waals surface area contributed by atoms with Crippen LogP contribution in [0.2, 0.25) is 0 Å². The Morgan fingerprint density at radius 1 is 1.53 bits per heavy atom. The van der Waals surface area contributed by atoms with Crippen LogP contribution in [0, 0.1) is 11.8 Å². The minimum absolute atomic E-state index is 0.0454. The van der Waals surface area contributed by atoms with Gasteiger partial charge in [-0.15, -0.1) is 0 Å². The van der Waals surface area contributed by atoms with Crippen molar-refractivity contribution >= 4 is 7.85 Å². The van der Waals surface area contributed by atoms with Crippen molar-refractivity contribution in [3.63, 3.8) is 0 Å².